The van der Waals surface area contributed by atoms with E-state index in [0.29, 0.717) is 16.9 Å². The van der Waals surface area contributed by atoms with Gasteiger partial charge in [0.15, 0.2) is 6.10 Å². The second-order valence-corrected chi connectivity index (χ2v) is 9.51. The van der Waals surface area contributed by atoms with Crippen molar-refractivity contribution in [3.63, 3.8) is 0 Å². The number of nitrogens with one attached hydrogen (secondary N) is 1. The molecule has 0 unspecified atom stereocenters. The Morgan fingerprint density at radius 1 is 1.00 bits per heavy atom. The van der Waals surface area contributed by atoms with Crippen LogP contribution in [0, 0.1) is 6.92 Å². The summed E-state index contributed by atoms with van der Waals surface area (Å²) < 4.78 is 20.0. The monoisotopic (exact) mass is 498 g/mol. The smallest absolute Gasteiger partial charge is 0.227 e. The molecular formula is C28H26N4O3S. The number of aromatic nitrogens is 3. The van der Waals surface area contributed by atoms with Crippen LogP contribution in [0.2, 0.25) is 0 Å². The molecule has 0 saturated heterocycles. The topological polar surface area (TPSA) is 70.4 Å². The van der Waals surface area contributed by atoms with Crippen molar-refractivity contribution in [1.29, 1.82) is 0 Å². The van der Waals surface area contributed by atoms with Crippen LogP contribution in [0.4, 0.5) is 5.95 Å². The summed E-state index contributed by atoms with van der Waals surface area (Å²) in [4.78, 5) is 4.77. The number of anilines is 1. The Morgan fingerprint density at radius 2 is 1.81 bits per heavy atom. The quantitative estimate of drug-likeness (QED) is 0.344. The molecule has 0 amide bonds. The molecule has 6 rings (SSSR count). The summed E-state index contributed by atoms with van der Waals surface area (Å²) in [6.07, 6.45) is 1.56. The largest absolute Gasteiger partial charge is 0.497 e. The van der Waals surface area contributed by atoms with Crippen LogP contribution in [-0.2, 0) is 0 Å². The van der Waals surface area contributed by atoms with Crippen LogP contribution in [0.1, 0.15) is 34.4 Å². The molecule has 2 aliphatic heterocycles. The minimum absolute atomic E-state index is 0.226. The highest BCUT2D eigenvalue weighted by molar-refractivity contribution is 7.98. The van der Waals surface area contributed by atoms with Crippen molar-refractivity contribution >= 4 is 23.4 Å². The van der Waals surface area contributed by atoms with Gasteiger partial charge in [-0.3, -0.25) is 0 Å². The van der Waals surface area contributed by atoms with Gasteiger partial charge in [-0.15, -0.1) is 5.10 Å². The molecule has 0 aliphatic carbocycles. The Labute approximate surface area is 214 Å². The first kappa shape index (κ1) is 22.5. The Morgan fingerprint density at radius 3 is 2.56 bits per heavy atom. The zero-order valence-corrected chi connectivity index (χ0v) is 21.3. The maximum absolute atomic E-state index is 6.74. The Bertz CT molecular complexity index is 1480. The molecule has 3 heterocycles. The van der Waals surface area contributed by atoms with E-state index >= 15 is 0 Å². The molecule has 0 radical (unpaired) electrons. The molecule has 0 bridgehead atoms. The lowest BCUT2D eigenvalue weighted by Crippen LogP contribution is -2.32. The average molecular weight is 499 g/mol. The van der Waals surface area contributed by atoms with Crippen molar-refractivity contribution in [1.82, 2.24) is 14.8 Å². The van der Waals surface area contributed by atoms with Gasteiger partial charge in [0.2, 0.25) is 11.1 Å². The van der Waals surface area contributed by atoms with E-state index < -0.39 is 6.10 Å². The molecule has 1 N–H and O–H groups in total. The third-order valence-electron chi connectivity index (χ3n) is 6.66. The molecule has 3 aromatic carbocycles. The fraction of sp³-hybridized carbons (Fsp3) is 0.214. The highest BCUT2D eigenvalue weighted by Crippen LogP contribution is 2.52. The third kappa shape index (κ3) is 3.60. The lowest BCUT2D eigenvalue weighted by molar-refractivity contribution is 0.217. The van der Waals surface area contributed by atoms with Gasteiger partial charge < -0.3 is 19.5 Å². The first-order valence-corrected chi connectivity index (χ1v) is 12.9. The molecular weight excluding hydrogens is 472 g/mol. The number of para-hydroxylation sites is 1. The number of nitrogens with zero attached hydrogens (tertiary/aromatic N) is 3. The van der Waals surface area contributed by atoms with Gasteiger partial charge in [-0.2, -0.15) is 4.98 Å². The molecule has 0 fully saturated rings. The minimum atomic E-state index is -0.426. The van der Waals surface area contributed by atoms with E-state index in [1.165, 1.54) is 17.3 Å². The maximum atomic E-state index is 6.74. The maximum Gasteiger partial charge on any atom is 0.227 e. The van der Waals surface area contributed by atoms with Crippen LogP contribution < -0.4 is 19.5 Å². The molecule has 2 aliphatic rings. The highest BCUT2D eigenvalue weighted by Gasteiger charge is 2.42. The standard InChI is InChI=1S/C28H26N4O3S/c1-16-9-11-17(12-10-16)25-23-24(29-27-30-28(36-4)31-32(25)27)19-7-5-6-8-21(19)35-26(23)20-14-13-18(33-2)15-22(20)34-3/h5-15,25-26H,1-4H3,(H,29,30,31)/t25-,26-/m0/s1. The molecule has 2 atom stereocenters. The predicted molar refractivity (Wildman–Crippen MR) is 141 cm³/mol. The molecule has 1 aromatic heterocycles. The van der Waals surface area contributed by atoms with Crippen molar-refractivity contribution in [3.05, 3.63) is 94.6 Å². The zero-order valence-electron chi connectivity index (χ0n) is 20.5. The van der Waals surface area contributed by atoms with Crippen LogP contribution in [0.3, 0.4) is 0 Å². The van der Waals surface area contributed by atoms with Gasteiger partial charge in [0.25, 0.3) is 0 Å². The van der Waals surface area contributed by atoms with Crippen molar-refractivity contribution < 1.29 is 14.2 Å². The van der Waals surface area contributed by atoms with Crippen LogP contribution in [0.25, 0.3) is 5.70 Å². The van der Waals surface area contributed by atoms with Gasteiger partial charge in [-0.25, -0.2) is 4.68 Å². The fourth-order valence-corrected chi connectivity index (χ4v) is 5.25. The Hall–Kier alpha value is -3.91. The van der Waals surface area contributed by atoms with Crippen molar-refractivity contribution in [2.75, 3.05) is 25.8 Å². The summed E-state index contributed by atoms with van der Waals surface area (Å²) in [6.45, 7) is 2.09. The first-order valence-electron chi connectivity index (χ1n) is 11.7. The van der Waals surface area contributed by atoms with Gasteiger partial charge in [0.1, 0.15) is 23.3 Å². The van der Waals surface area contributed by atoms with Gasteiger partial charge in [-0.1, -0.05) is 53.7 Å². The Kier molecular flexibility index (Phi) is 5.60. The average Bonchev–Trinajstić information content (AvgIpc) is 3.34. The second-order valence-electron chi connectivity index (χ2n) is 8.74. The van der Waals surface area contributed by atoms with Gasteiger partial charge in [0, 0.05) is 22.8 Å². The summed E-state index contributed by atoms with van der Waals surface area (Å²) in [5.74, 6) is 2.93. The number of hydrogen-bond donors (Lipinski definition) is 1. The lowest BCUT2D eigenvalue weighted by atomic mass is 9.84. The van der Waals surface area contributed by atoms with Gasteiger partial charge in [-0.05, 0) is 43.0 Å². The molecule has 7 nitrogen and oxygen atoms in total. The number of methoxy groups -OCH3 is 2. The SMILES string of the molecule is COc1ccc([C@@H]2Oc3ccccc3C3=C2[C@H](c2ccc(C)cc2)n2nc(SC)nc2N3)c(OC)c1. The van der Waals surface area contributed by atoms with Gasteiger partial charge >= 0.3 is 0 Å². The number of rotatable bonds is 5. The zero-order chi connectivity index (χ0) is 24.8. The fourth-order valence-electron chi connectivity index (χ4n) is 4.91. The summed E-state index contributed by atoms with van der Waals surface area (Å²) >= 11 is 1.52. The van der Waals surface area contributed by atoms with E-state index in [4.69, 9.17) is 24.3 Å². The second kappa shape index (κ2) is 8.95. The van der Waals surface area contributed by atoms with Crippen molar-refractivity contribution in [3.8, 4) is 17.2 Å². The molecule has 36 heavy (non-hydrogen) atoms. The van der Waals surface area contributed by atoms with E-state index in [9.17, 15) is 0 Å². The molecule has 4 aromatic rings. The summed E-state index contributed by atoms with van der Waals surface area (Å²) in [5.41, 5.74) is 6.24. The summed E-state index contributed by atoms with van der Waals surface area (Å²) in [7, 11) is 3.32. The number of ether oxygens (including phenoxy) is 3. The number of benzene rings is 3. The van der Waals surface area contributed by atoms with Crippen LogP contribution in [0.15, 0.2) is 77.5 Å². The van der Waals surface area contributed by atoms with Crippen LogP contribution in [-0.4, -0.2) is 35.2 Å². The van der Waals surface area contributed by atoms with E-state index in [-0.39, 0.29) is 6.04 Å². The highest BCUT2D eigenvalue weighted by atomic mass is 32.2. The molecule has 182 valence electrons. The summed E-state index contributed by atoms with van der Waals surface area (Å²) in [5, 5.41) is 9.16. The minimum Gasteiger partial charge on any atom is -0.497 e. The first-order chi connectivity index (χ1) is 17.6. The third-order valence-corrected chi connectivity index (χ3v) is 7.20. The number of hydrogen-bond acceptors (Lipinski definition) is 7. The normalized spacial score (nSPS) is 17.9. The number of thioether (sulfide) groups is 1. The van der Waals surface area contributed by atoms with Gasteiger partial charge in [0.05, 0.1) is 19.9 Å². The lowest BCUT2D eigenvalue weighted by Gasteiger charge is -2.39. The van der Waals surface area contributed by atoms with Crippen LogP contribution >= 0.6 is 11.8 Å². The van der Waals surface area contributed by atoms with Crippen molar-refractivity contribution in [2.45, 2.75) is 24.2 Å². The van der Waals surface area contributed by atoms with E-state index in [1.54, 1.807) is 14.2 Å². The number of aryl methyl sites for hydroxylation is 1. The predicted octanol–water partition coefficient (Wildman–Crippen LogP) is 5.89. The Balaban J connectivity index is 1.63. The number of fused-ring (bicyclic) bond motifs is 3. The molecule has 8 heteroatoms. The van der Waals surface area contributed by atoms with E-state index in [0.717, 1.165) is 39.5 Å². The molecule has 0 saturated carbocycles. The molecule has 0 spiro atoms. The van der Waals surface area contributed by atoms with E-state index in [2.05, 4.69) is 42.6 Å². The van der Waals surface area contributed by atoms with E-state index in [1.807, 2.05) is 47.3 Å². The summed E-state index contributed by atoms with van der Waals surface area (Å²) in [6, 6.07) is 22.3. The van der Waals surface area contributed by atoms with Crippen molar-refractivity contribution in [2.24, 2.45) is 0 Å². The van der Waals surface area contributed by atoms with Crippen LogP contribution in [0.5, 0.6) is 17.2 Å².